The van der Waals surface area contributed by atoms with Crippen molar-refractivity contribution in [1.82, 2.24) is 15.6 Å². The third-order valence-electron chi connectivity index (χ3n) is 2.50. The molecule has 0 spiro atoms. The van der Waals surface area contributed by atoms with Gasteiger partial charge < -0.3 is 5.32 Å². The number of nitrogens with one attached hydrogen (secondary N) is 2. The third-order valence-corrected chi connectivity index (χ3v) is 2.50. The fourth-order valence-electron chi connectivity index (χ4n) is 1.87. The van der Waals surface area contributed by atoms with Crippen molar-refractivity contribution in [3.63, 3.8) is 0 Å². The van der Waals surface area contributed by atoms with Crippen molar-refractivity contribution < 1.29 is 9.59 Å². The summed E-state index contributed by atoms with van der Waals surface area (Å²) in [6, 6.07) is -0.332. The Morgan fingerprint density at radius 3 is 2.73 bits per heavy atom. The van der Waals surface area contributed by atoms with Crippen LogP contribution in [0, 0.1) is 5.92 Å². The molecule has 2 amide bonds. The van der Waals surface area contributed by atoms with Crippen LogP contribution in [0.5, 0.6) is 0 Å². The fourth-order valence-corrected chi connectivity index (χ4v) is 1.87. The van der Waals surface area contributed by atoms with E-state index in [1.165, 1.54) is 0 Å². The summed E-state index contributed by atoms with van der Waals surface area (Å²) in [7, 11) is 0. The van der Waals surface area contributed by atoms with E-state index in [9.17, 15) is 9.59 Å². The smallest absolute Gasteiger partial charge is 0.251 e. The van der Waals surface area contributed by atoms with E-state index >= 15 is 0 Å². The van der Waals surface area contributed by atoms with Crippen molar-refractivity contribution >= 4 is 11.8 Å². The summed E-state index contributed by atoms with van der Waals surface area (Å²) in [5, 5.41) is 2.72. The molecule has 1 unspecified atom stereocenters. The molecule has 1 rings (SSSR count). The van der Waals surface area contributed by atoms with Gasteiger partial charge >= 0.3 is 0 Å². The molecule has 0 aromatic heterocycles. The van der Waals surface area contributed by atoms with Gasteiger partial charge in [0.2, 0.25) is 5.91 Å². The number of piperazine rings is 1. The molecule has 86 valence electrons. The number of rotatable bonds is 3. The van der Waals surface area contributed by atoms with Crippen LogP contribution in [0.15, 0.2) is 0 Å². The van der Waals surface area contributed by atoms with Gasteiger partial charge in [-0.2, -0.15) is 0 Å². The van der Waals surface area contributed by atoms with Crippen LogP contribution in [-0.4, -0.2) is 42.4 Å². The zero-order valence-corrected chi connectivity index (χ0v) is 9.12. The molecule has 1 saturated heterocycles. The number of nitrogens with zero attached hydrogens (tertiary/aromatic N) is 1. The molecule has 0 aliphatic carbocycles. The molecule has 1 aliphatic rings. The Labute approximate surface area is 89.1 Å². The van der Waals surface area contributed by atoms with Gasteiger partial charge in [-0.15, -0.1) is 0 Å². The number of amides is 2. The highest BCUT2D eigenvalue weighted by Crippen LogP contribution is 2.11. The van der Waals surface area contributed by atoms with Crippen molar-refractivity contribution in [2.24, 2.45) is 11.8 Å². The van der Waals surface area contributed by atoms with E-state index in [4.69, 9.17) is 5.84 Å². The maximum atomic E-state index is 11.5. The second-order valence-electron chi connectivity index (χ2n) is 4.02. The average Bonchev–Trinajstić information content (AvgIpc) is 2.17. The highest BCUT2D eigenvalue weighted by Gasteiger charge is 2.31. The topological polar surface area (TPSA) is 87.5 Å². The van der Waals surface area contributed by atoms with Crippen LogP contribution in [-0.2, 0) is 9.59 Å². The van der Waals surface area contributed by atoms with Gasteiger partial charge in [0.25, 0.3) is 5.91 Å². The van der Waals surface area contributed by atoms with Crippen LogP contribution in [0.3, 0.4) is 0 Å². The second-order valence-corrected chi connectivity index (χ2v) is 4.02. The molecule has 0 aromatic rings. The molecule has 6 nitrogen and oxygen atoms in total. The molecule has 0 radical (unpaired) electrons. The van der Waals surface area contributed by atoms with Crippen molar-refractivity contribution in [1.29, 1.82) is 0 Å². The lowest BCUT2D eigenvalue weighted by molar-refractivity contribution is -0.132. The molecule has 0 bridgehead atoms. The van der Waals surface area contributed by atoms with Gasteiger partial charge in [0.1, 0.15) is 0 Å². The van der Waals surface area contributed by atoms with E-state index in [1.807, 2.05) is 18.7 Å². The summed E-state index contributed by atoms with van der Waals surface area (Å²) < 4.78 is 0. The van der Waals surface area contributed by atoms with E-state index in [0.29, 0.717) is 13.1 Å². The van der Waals surface area contributed by atoms with E-state index in [1.54, 1.807) is 0 Å². The summed E-state index contributed by atoms with van der Waals surface area (Å²) in [6.07, 6.45) is 0. The first-order valence-corrected chi connectivity index (χ1v) is 5.07. The van der Waals surface area contributed by atoms with Gasteiger partial charge in [0.05, 0.1) is 12.6 Å². The summed E-state index contributed by atoms with van der Waals surface area (Å²) in [6.45, 7) is 5.40. The van der Waals surface area contributed by atoms with Crippen molar-refractivity contribution in [2.75, 3.05) is 19.6 Å². The first kappa shape index (κ1) is 11.9. The molecule has 1 heterocycles. The number of hydrogen-bond acceptors (Lipinski definition) is 4. The minimum atomic E-state index is -0.332. The maximum absolute atomic E-state index is 11.5. The van der Waals surface area contributed by atoms with Crippen LogP contribution in [0.25, 0.3) is 0 Å². The predicted octanol–water partition coefficient (Wildman–Crippen LogP) is -1.57. The summed E-state index contributed by atoms with van der Waals surface area (Å²) in [5.74, 6) is 4.97. The van der Waals surface area contributed by atoms with Gasteiger partial charge in [-0.25, -0.2) is 5.84 Å². The number of carbonyl (C=O) groups is 2. The number of carbonyl (C=O) groups excluding carboxylic acids is 2. The normalized spacial score (nSPS) is 19.9. The summed E-state index contributed by atoms with van der Waals surface area (Å²) >= 11 is 0. The molecule has 6 heteroatoms. The lowest BCUT2D eigenvalue weighted by Gasteiger charge is -2.34. The van der Waals surface area contributed by atoms with Crippen molar-refractivity contribution in [3.8, 4) is 0 Å². The maximum Gasteiger partial charge on any atom is 0.251 e. The van der Waals surface area contributed by atoms with Crippen LogP contribution in [0.1, 0.15) is 13.8 Å². The highest BCUT2D eigenvalue weighted by atomic mass is 16.2. The molecular formula is C9H18N4O2. The largest absolute Gasteiger partial charge is 0.354 e. The Hall–Kier alpha value is -1.14. The molecule has 0 saturated carbocycles. The molecular weight excluding hydrogens is 196 g/mol. The zero-order valence-electron chi connectivity index (χ0n) is 9.12. The van der Waals surface area contributed by atoms with Crippen LogP contribution < -0.4 is 16.6 Å². The highest BCUT2D eigenvalue weighted by molar-refractivity contribution is 5.84. The van der Waals surface area contributed by atoms with Gasteiger partial charge in [0, 0.05) is 13.1 Å². The van der Waals surface area contributed by atoms with E-state index in [2.05, 4.69) is 10.7 Å². The monoisotopic (exact) mass is 214 g/mol. The molecule has 1 fully saturated rings. The van der Waals surface area contributed by atoms with Crippen LogP contribution in [0.2, 0.25) is 0 Å². The lowest BCUT2D eigenvalue weighted by Crippen LogP contribution is -2.58. The van der Waals surface area contributed by atoms with Crippen LogP contribution >= 0.6 is 0 Å². The second kappa shape index (κ2) is 5.09. The van der Waals surface area contributed by atoms with Crippen molar-refractivity contribution in [3.05, 3.63) is 0 Å². The lowest BCUT2D eigenvalue weighted by atomic mass is 10.0. The van der Waals surface area contributed by atoms with Crippen molar-refractivity contribution in [2.45, 2.75) is 19.9 Å². The van der Waals surface area contributed by atoms with E-state index in [0.717, 1.165) is 0 Å². The van der Waals surface area contributed by atoms with E-state index in [-0.39, 0.29) is 30.3 Å². The molecule has 15 heavy (non-hydrogen) atoms. The minimum Gasteiger partial charge on any atom is -0.354 e. The Morgan fingerprint density at radius 2 is 2.27 bits per heavy atom. The third kappa shape index (κ3) is 2.90. The number of hydrazine groups is 1. The van der Waals surface area contributed by atoms with Crippen LogP contribution in [0.4, 0.5) is 0 Å². The number of nitrogens with two attached hydrogens (primary N) is 1. The Balaban J connectivity index is 2.70. The average molecular weight is 214 g/mol. The Kier molecular flexibility index (Phi) is 4.05. The Morgan fingerprint density at radius 1 is 1.60 bits per heavy atom. The fraction of sp³-hybridized carbons (Fsp3) is 0.778. The predicted molar refractivity (Wildman–Crippen MR) is 55.5 cm³/mol. The van der Waals surface area contributed by atoms with Gasteiger partial charge in [-0.05, 0) is 5.92 Å². The first-order valence-electron chi connectivity index (χ1n) is 5.07. The molecule has 0 aromatic carbocycles. The summed E-state index contributed by atoms with van der Waals surface area (Å²) in [5.41, 5.74) is 2.15. The molecule has 4 N–H and O–H groups in total. The number of hydrogen-bond donors (Lipinski definition) is 3. The summed E-state index contributed by atoms with van der Waals surface area (Å²) in [4.78, 5) is 24.6. The molecule has 1 atom stereocenters. The quantitative estimate of drug-likeness (QED) is 0.301. The van der Waals surface area contributed by atoms with Gasteiger partial charge in [-0.1, -0.05) is 13.8 Å². The standard InChI is InChI=1S/C9H18N4O2/c1-6(2)8(9(15)12-10)13-4-3-11-7(14)5-13/h6,8H,3-5,10H2,1-2H3,(H,11,14)(H,12,15). The SMILES string of the molecule is CC(C)C(C(=O)NN)N1CCNC(=O)C1. The zero-order chi connectivity index (χ0) is 11.4. The minimum absolute atomic E-state index is 0.0447. The van der Waals surface area contributed by atoms with Gasteiger partial charge in [-0.3, -0.25) is 19.9 Å². The molecule has 1 aliphatic heterocycles. The van der Waals surface area contributed by atoms with Gasteiger partial charge in [0.15, 0.2) is 0 Å². The first-order chi connectivity index (χ1) is 7.06. The van der Waals surface area contributed by atoms with E-state index < -0.39 is 0 Å². The Bertz CT molecular complexity index is 254.